The van der Waals surface area contributed by atoms with E-state index in [-0.39, 0.29) is 24.6 Å². The van der Waals surface area contributed by atoms with Crippen LogP contribution < -0.4 is 10.6 Å². The number of alkyl carbamates (subject to hydrolysis) is 1. The number of benzene rings is 1. The van der Waals surface area contributed by atoms with Crippen molar-refractivity contribution < 1.29 is 9.53 Å². The van der Waals surface area contributed by atoms with Gasteiger partial charge in [0.25, 0.3) is 0 Å². The lowest BCUT2D eigenvalue weighted by molar-refractivity contribution is 0.129. The van der Waals surface area contributed by atoms with Crippen LogP contribution in [0.15, 0.2) is 42.6 Å². The van der Waals surface area contributed by atoms with Crippen molar-refractivity contribution in [3.8, 4) is 0 Å². The van der Waals surface area contributed by atoms with Crippen LogP contribution >= 0.6 is 11.6 Å². The van der Waals surface area contributed by atoms with Crippen LogP contribution in [0.1, 0.15) is 38.1 Å². The van der Waals surface area contributed by atoms with Crippen molar-refractivity contribution in [2.45, 2.75) is 39.5 Å². The SMILES string of the molecule is CC(C)[C@@H]1Nc2cc(Cl)cnc2[C@H](NC(=O)OCc2ccccc2)[C@H]1C. The molecular weight excluding hydrogens is 350 g/mol. The summed E-state index contributed by atoms with van der Waals surface area (Å²) in [5.41, 5.74) is 2.60. The van der Waals surface area contributed by atoms with E-state index in [0.717, 1.165) is 16.9 Å². The minimum atomic E-state index is -0.446. The topological polar surface area (TPSA) is 63.2 Å². The fourth-order valence-electron chi connectivity index (χ4n) is 3.45. The molecule has 2 aromatic rings. The average Bonchev–Trinajstić information content (AvgIpc) is 2.62. The summed E-state index contributed by atoms with van der Waals surface area (Å²) in [5.74, 6) is 0.544. The second-order valence-corrected chi connectivity index (χ2v) is 7.48. The molecule has 138 valence electrons. The van der Waals surface area contributed by atoms with Crippen molar-refractivity contribution in [2.75, 3.05) is 5.32 Å². The maximum absolute atomic E-state index is 12.4. The van der Waals surface area contributed by atoms with E-state index in [4.69, 9.17) is 16.3 Å². The standard InChI is InChI=1S/C20H24ClN3O2/c1-12(2)17-13(3)18(19-16(23-17)9-15(21)10-22-19)24-20(25)26-11-14-7-5-4-6-8-14/h4-10,12-13,17-18,23H,11H2,1-3H3,(H,24,25)/t13-,17-,18+/m0/s1. The lowest BCUT2D eigenvalue weighted by atomic mass is 9.81. The molecule has 0 unspecified atom stereocenters. The van der Waals surface area contributed by atoms with Gasteiger partial charge in [-0.05, 0) is 17.5 Å². The predicted molar refractivity (Wildman–Crippen MR) is 103 cm³/mol. The molecule has 0 radical (unpaired) electrons. The third-order valence-corrected chi connectivity index (χ3v) is 5.01. The summed E-state index contributed by atoms with van der Waals surface area (Å²) in [6.45, 7) is 6.66. The summed E-state index contributed by atoms with van der Waals surface area (Å²) in [5, 5.41) is 7.07. The molecule has 1 aliphatic rings. The molecular formula is C20H24ClN3O2. The summed E-state index contributed by atoms with van der Waals surface area (Å²) in [6.07, 6.45) is 1.16. The number of halogens is 1. The van der Waals surface area contributed by atoms with Crippen LogP contribution in [0.4, 0.5) is 10.5 Å². The molecule has 5 nitrogen and oxygen atoms in total. The molecule has 2 N–H and O–H groups in total. The molecule has 2 heterocycles. The number of anilines is 1. The fourth-order valence-corrected chi connectivity index (χ4v) is 3.60. The molecule has 1 aromatic carbocycles. The highest BCUT2D eigenvalue weighted by atomic mass is 35.5. The molecule has 0 spiro atoms. The molecule has 0 saturated carbocycles. The van der Waals surface area contributed by atoms with Gasteiger partial charge >= 0.3 is 6.09 Å². The van der Waals surface area contributed by atoms with E-state index in [1.165, 1.54) is 0 Å². The van der Waals surface area contributed by atoms with Crippen LogP contribution in [0.3, 0.4) is 0 Å². The van der Waals surface area contributed by atoms with Crippen LogP contribution in [0, 0.1) is 11.8 Å². The number of rotatable bonds is 4. The van der Waals surface area contributed by atoms with Gasteiger partial charge in [0.1, 0.15) is 6.61 Å². The number of hydrogen-bond acceptors (Lipinski definition) is 4. The van der Waals surface area contributed by atoms with Crippen LogP contribution in [-0.2, 0) is 11.3 Å². The first-order valence-corrected chi connectivity index (χ1v) is 9.22. The van der Waals surface area contributed by atoms with E-state index in [0.29, 0.717) is 10.9 Å². The lowest BCUT2D eigenvalue weighted by Gasteiger charge is -2.40. The molecule has 6 heteroatoms. The highest BCUT2D eigenvalue weighted by molar-refractivity contribution is 6.30. The van der Waals surface area contributed by atoms with Gasteiger partial charge in [0.2, 0.25) is 0 Å². The molecule has 1 amide bonds. The Morgan fingerprint density at radius 3 is 2.77 bits per heavy atom. The third-order valence-electron chi connectivity index (χ3n) is 4.80. The summed E-state index contributed by atoms with van der Waals surface area (Å²) >= 11 is 6.10. The third kappa shape index (κ3) is 4.10. The number of carbonyl (C=O) groups excluding carboxylic acids is 1. The minimum Gasteiger partial charge on any atom is -0.445 e. The van der Waals surface area contributed by atoms with Gasteiger partial charge in [-0.2, -0.15) is 0 Å². The number of amides is 1. The maximum Gasteiger partial charge on any atom is 0.408 e. The Morgan fingerprint density at radius 1 is 1.35 bits per heavy atom. The summed E-state index contributed by atoms with van der Waals surface area (Å²) < 4.78 is 5.39. The zero-order valence-corrected chi connectivity index (χ0v) is 16.0. The van der Waals surface area contributed by atoms with E-state index in [2.05, 4.69) is 36.4 Å². The summed E-state index contributed by atoms with van der Waals surface area (Å²) in [7, 11) is 0. The number of aromatic nitrogens is 1. The quantitative estimate of drug-likeness (QED) is 0.808. The van der Waals surface area contributed by atoms with Gasteiger partial charge in [-0.15, -0.1) is 0 Å². The van der Waals surface area contributed by atoms with Crippen molar-refractivity contribution in [1.82, 2.24) is 10.3 Å². The summed E-state index contributed by atoms with van der Waals surface area (Å²) in [6, 6.07) is 11.4. The van der Waals surface area contributed by atoms with Crippen molar-refractivity contribution >= 4 is 23.4 Å². The Labute approximate surface area is 159 Å². The van der Waals surface area contributed by atoms with Gasteiger partial charge in [-0.25, -0.2) is 4.79 Å². The number of nitrogens with zero attached hydrogens (tertiary/aromatic N) is 1. The Morgan fingerprint density at radius 2 is 2.08 bits per heavy atom. The molecule has 0 aliphatic carbocycles. The Kier molecular flexibility index (Phi) is 5.67. The molecule has 0 fully saturated rings. The largest absolute Gasteiger partial charge is 0.445 e. The first kappa shape index (κ1) is 18.5. The highest BCUT2D eigenvalue weighted by Gasteiger charge is 2.37. The van der Waals surface area contributed by atoms with Gasteiger partial charge in [0, 0.05) is 18.2 Å². The zero-order valence-electron chi connectivity index (χ0n) is 15.2. The molecule has 0 bridgehead atoms. The monoisotopic (exact) mass is 373 g/mol. The van der Waals surface area contributed by atoms with Crippen molar-refractivity contribution in [3.05, 3.63) is 58.9 Å². The highest BCUT2D eigenvalue weighted by Crippen LogP contribution is 2.38. The van der Waals surface area contributed by atoms with Crippen LogP contribution in [0.2, 0.25) is 5.02 Å². The number of hydrogen-bond donors (Lipinski definition) is 2. The summed E-state index contributed by atoms with van der Waals surface area (Å²) in [4.78, 5) is 16.8. The predicted octanol–water partition coefficient (Wildman–Crippen LogP) is 4.79. The Bertz CT molecular complexity index is 767. The molecule has 1 aromatic heterocycles. The van der Waals surface area contributed by atoms with E-state index < -0.39 is 6.09 Å². The molecule has 1 aliphatic heterocycles. The van der Waals surface area contributed by atoms with E-state index >= 15 is 0 Å². The van der Waals surface area contributed by atoms with Crippen LogP contribution in [0.25, 0.3) is 0 Å². The van der Waals surface area contributed by atoms with Gasteiger partial charge in [0.05, 0.1) is 22.4 Å². The molecule has 26 heavy (non-hydrogen) atoms. The van der Waals surface area contributed by atoms with Crippen molar-refractivity contribution in [3.63, 3.8) is 0 Å². The van der Waals surface area contributed by atoms with Crippen molar-refractivity contribution in [2.24, 2.45) is 11.8 Å². The second kappa shape index (κ2) is 7.96. The average molecular weight is 374 g/mol. The fraction of sp³-hybridized carbons (Fsp3) is 0.400. The second-order valence-electron chi connectivity index (χ2n) is 7.04. The van der Waals surface area contributed by atoms with Gasteiger partial charge in [-0.3, -0.25) is 4.98 Å². The Hall–Kier alpha value is -2.27. The molecule has 3 atom stereocenters. The Balaban J connectivity index is 1.75. The van der Waals surface area contributed by atoms with E-state index in [1.54, 1.807) is 6.20 Å². The molecule has 3 rings (SSSR count). The minimum absolute atomic E-state index is 0.153. The van der Waals surface area contributed by atoms with Gasteiger partial charge in [-0.1, -0.05) is 62.7 Å². The lowest BCUT2D eigenvalue weighted by Crippen LogP contribution is -2.46. The maximum atomic E-state index is 12.4. The van der Waals surface area contributed by atoms with E-state index in [1.807, 2.05) is 36.4 Å². The first-order chi connectivity index (χ1) is 12.5. The normalized spacial score (nSPS) is 21.7. The zero-order chi connectivity index (χ0) is 18.7. The smallest absolute Gasteiger partial charge is 0.408 e. The van der Waals surface area contributed by atoms with Gasteiger partial charge in [0.15, 0.2) is 0 Å². The van der Waals surface area contributed by atoms with Crippen LogP contribution in [0.5, 0.6) is 0 Å². The number of pyridine rings is 1. The van der Waals surface area contributed by atoms with E-state index in [9.17, 15) is 4.79 Å². The number of nitrogens with one attached hydrogen (secondary N) is 2. The van der Waals surface area contributed by atoms with Gasteiger partial charge < -0.3 is 15.4 Å². The van der Waals surface area contributed by atoms with Crippen molar-refractivity contribution in [1.29, 1.82) is 0 Å². The first-order valence-electron chi connectivity index (χ1n) is 8.85. The molecule has 0 saturated heterocycles. The van der Waals surface area contributed by atoms with Crippen LogP contribution in [-0.4, -0.2) is 17.1 Å². The number of carbonyl (C=O) groups is 1. The number of fused-ring (bicyclic) bond motifs is 1. The number of ether oxygens (including phenoxy) is 1.